The molecule has 0 spiro atoms. The molecule has 1 aliphatic rings. The van der Waals surface area contributed by atoms with Crippen LogP contribution in [-0.2, 0) is 0 Å². The Bertz CT molecular complexity index is 530. The molecule has 1 aromatic carbocycles. The molecule has 0 bridgehead atoms. The van der Waals surface area contributed by atoms with Crippen molar-refractivity contribution in [3.63, 3.8) is 0 Å². The molecule has 0 saturated heterocycles. The van der Waals surface area contributed by atoms with E-state index < -0.39 is 11.5 Å². The lowest BCUT2D eigenvalue weighted by Crippen LogP contribution is -2.43. The average Bonchev–Trinajstić information content (AvgIpc) is 2.49. The number of allylic oxidation sites excluding steroid dienone is 2. The Balaban J connectivity index is 2.40. The summed E-state index contributed by atoms with van der Waals surface area (Å²) in [6.45, 7) is 2.04. The SMILES string of the molecule is CCCCC1(C(=O)c2ccccc2)C=CC=C(O)C1O. The molecule has 106 valence electrons. The quantitative estimate of drug-likeness (QED) is 0.807. The highest BCUT2D eigenvalue weighted by Gasteiger charge is 2.45. The monoisotopic (exact) mass is 272 g/mol. The molecule has 0 saturated carbocycles. The van der Waals surface area contributed by atoms with Crippen LogP contribution in [0.1, 0.15) is 36.5 Å². The average molecular weight is 272 g/mol. The lowest BCUT2D eigenvalue weighted by molar-refractivity contribution is 0.0359. The van der Waals surface area contributed by atoms with Crippen LogP contribution in [0.15, 0.2) is 54.3 Å². The van der Waals surface area contributed by atoms with E-state index in [0.717, 1.165) is 12.8 Å². The number of hydrogen-bond donors (Lipinski definition) is 2. The first-order valence-electron chi connectivity index (χ1n) is 6.98. The summed E-state index contributed by atoms with van der Waals surface area (Å²) in [4.78, 5) is 12.8. The maximum atomic E-state index is 12.8. The van der Waals surface area contributed by atoms with Crippen molar-refractivity contribution in [3.8, 4) is 0 Å². The summed E-state index contributed by atoms with van der Waals surface area (Å²) in [5, 5.41) is 20.2. The number of Topliss-reactive ketones (excluding diaryl/α,β-unsaturated/α-hetero) is 1. The summed E-state index contributed by atoms with van der Waals surface area (Å²) in [5.41, 5.74) is -0.502. The van der Waals surface area contributed by atoms with Gasteiger partial charge in [-0.3, -0.25) is 4.79 Å². The minimum atomic E-state index is -1.17. The number of aliphatic hydroxyl groups excluding tert-OH is 2. The Morgan fingerprint density at radius 1 is 1.30 bits per heavy atom. The molecule has 1 aliphatic carbocycles. The number of rotatable bonds is 5. The third kappa shape index (κ3) is 2.54. The maximum absolute atomic E-state index is 12.8. The molecular formula is C17H20O3. The summed E-state index contributed by atoms with van der Waals surface area (Å²) >= 11 is 0. The zero-order valence-electron chi connectivity index (χ0n) is 11.6. The predicted molar refractivity (Wildman–Crippen MR) is 78.6 cm³/mol. The molecule has 1 aromatic rings. The van der Waals surface area contributed by atoms with E-state index in [1.165, 1.54) is 6.08 Å². The van der Waals surface area contributed by atoms with Crippen LogP contribution in [0.2, 0.25) is 0 Å². The summed E-state index contributed by atoms with van der Waals surface area (Å²) in [7, 11) is 0. The Hall–Kier alpha value is -1.87. The van der Waals surface area contributed by atoms with Crippen molar-refractivity contribution in [2.75, 3.05) is 0 Å². The third-order valence-electron chi connectivity index (χ3n) is 3.83. The molecule has 2 rings (SSSR count). The molecular weight excluding hydrogens is 252 g/mol. The zero-order chi connectivity index (χ0) is 14.6. The molecule has 2 atom stereocenters. The van der Waals surface area contributed by atoms with E-state index in [-0.39, 0.29) is 11.5 Å². The lowest BCUT2D eigenvalue weighted by Gasteiger charge is -2.35. The van der Waals surface area contributed by atoms with Crippen LogP contribution >= 0.6 is 0 Å². The van der Waals surface area contributed by atoms with Gasteiger partial charge in [-0.05, 0) is 12.5 Å². The minimum Gasteiger partial charge on any atom is -0.510 e. The van der Waals surface area contributed by atoms with Gasteiger partial charge in [-0.2, -0.15) is 0 Å². The van der Waals surface area contributed by atoms with Crippen LogP contribution in [0.3, 0.4) is 0 Å². The van der Waals surface area contributed by atoms with Crippen molar-refractivity contribution < 1.29 is 15.0 Å². The number of unbranched alkanes of at least 4 members (excludes halogenated alkanes) is 1. The second-order valence-corrected chi connectivity index (χ2v) is 5.19. The molecule has 0 fully saturated rings. The topological polar surface area (TPSA) is 57.5 Å². The van der Waals surface area contributed by atoms with Gasteiger partial charge in [0.1, 0.15) is 11.9 Å². The highest BCUT2D eigenvalue weighted by Crippen LogP contribution is 2.39. The molecule has 3 nitrogen and oxygen atoms in total. The number of carbonyl (C=O) groups is 1. The van der Waals surface area contributed by atoms with Crippen LogP contribution in [0.25, 0.3) is 0 Å². The molecule has 0 aliphatic heterocycles. The van der Waals surface area contributed by atoms with Crippen molar-refractivity contribution >= 4 is 5.78 Å². The fourth-order valence-electron chi connectivity index (χ4n) is 2.63. The van der Waals surface area contributed by atoms with E-state index in [1.54, 1.807) is 36.4 Å². The smallest absolute Gasteiger partial charge is 0.175 e. The van der Waals surface area contributed by atoms with E-state index in [1.807, 2.05) is 13.0 Å². The standard InChI is InChI=1S/C17H20O3/c1-2-3-11-17(12-7-10-14(18)16(17)20)15(19)13-8-5-4-6-9-13/h4-10,12,16,18,20H,2-3,11H2,1H3. The van der Waals surface area contributed by atoms with Gasteiger partial charge in [0.05, 0.1) is 5.41 Å². The van der Waals surface area contributed by atoms with E-state index in [4.69, 9.17) is 0 Å². The highest BCUT2D eigenvalue weighted by molar-refractivity contribution is 6.02. The van der Waals surface area contributed by atoms with E-state index >= 15 is 0 Å². The van der Waals surface area contributed by atoms with Crippen molar-refractivity contribution in [2.24, 2.45) is 5.41 Å². The van der Waals surface area contributed by atoms with Gasteiger partial charge in [0, 0.05) is 5.56 Å². The van der Waals surface area contributed by atoms with Crippen LogP contribution in [-0.4, -0.2) is 22.1 Å². The Labute approximate surface area is 119 Å². The van der Waals surface area contributed by atoms with Gasteiger partial charge in [0.2, 0.25) is 0 Å². The Kier molecular flexibility index (Phi) is 4.40. The first-order chi connectivity index (χ1) is 9.62. The van der Waals surface area contributed by atoms with Gasteiger partial charge >= 0.3 is 0 Å². The second-order valence-electron chi connectivity index (χ2n) is 5.19. The van der Waals surface area contributed by atoms with E-state index in [0.29, 0.717) is 12.0 Å². The van der Waals surface area contributed by atoms with Crippen molar-refractivity contribution in [3.05, 3.63) is 59.9 Å². The van der Waals surface area contributed by atoms with Crippen molar-refractivity contribution in [1.29, 1.82) is 0 Å². The van der Waals surface area contributed by atoms with Crippen molar-refractivity contribution in [2.45, 2.75) is 32.3 Å². The Morgan fingerprint density at radius 3 is 2.65 bits per heavy atom. The van der Waals surface area contributed by atoms with Gasteiger partial charge in [-0.1, -0.05) is 62.2 Å². The molecule has 0 heterocycles. The van der Waals surface area contributed by atoms with Crippen LogP contribution in [0.4, 0.5) is 0 Å². The summed E-state index contributed by atoms with van der Waals surface area (Å²) in [5.74, 6) is -0.289. The summed E-state index contributed by atoms with van der Waals surface area (Å²) < 4.78 is 0. The fraction of sp³-hybridized carbons (Fsp3) is 0.353. The fourth-order valence-corrected chi connectivity index (χ4v) is 2.63. The second kappa shape index (κ2) is 6.06. The lowest BCUT2D eigenvalue weighted by atomic mass is 9.69. The number of benzene rings is 1. The molecule has 2 N–H and O–H groups in total. The normalized spacial score (nSPS) is 25.3. The number of aliphatic hydroxyl groups is 2. The number of hydrogen-bond acceptors (Lipinski definition) is 3. The zero-order valence-corrected chi connectivity index (χ0v) is 11.6. The predicted octanol–water partition coefficient (Wildman–Crippen LogP) is 3.42. The van der Waals surface area contributed by atoms with Crippen LogP contribution < -0.4 is 0 Å². The van der Waals surface area contributed by atoms with Gasteiger partial charge < -0.3 is 10.2 Å². The van der Waals surface area contributed by atoms with E-state index in [2.05, 4.69) is 0 Å². The molecule has 20 heavy (non-hydrogen) atoms. The summed E-state index contributed by atoms with van der Waals surface area (Å²) in [6.07, 6.45) is 5.90. The van der Waals surface area contributed by atoms with Gasteiger partial charge in [-0.25, -0.2) is 0 Å². The largest absolute Gasteiger partial charge is 0.510 e. The van der Waals surface area contributed by atoms with Gasteiger partial charge in [0.25, 0.3) is 0 Å². The molecule has 0 radical (unpaired) electrons. The van der Waals surface area contributed by atoms with Gasteiger partial charge in [0.15, 0.2) is 5.78 Å². The number of carbonyl (C=O) groups excluding carboxylic acids is 1. The van der Waals surface area contributed by atoms with Crippen LogP contribution in [0.5, 0.6) is 0 Å². The van der Waals surface area contributed by atoms with Gasteiger partial charge in [-0.15, -0.1) is 0 Å². The minimum absolute atomic E-state index is 0.144. The molecule has 3 heteroatoms. The summed E-state index contributed by atoms with van der Waals surface area (Å²) in [6, 6.07) is 8.93. The van der Waals surface area contributed by atoms with Crippen molar-refractivity contribution in [1.82, 2.24) is 0 Å². The molecule has 2 unspecified atom stereocenters. The first-order valence-corrected chi connectivity index (χ1v) is 6.98. The Morgan fingerprint density at radius 2 is 2.00 bits per heavy atom. The third-order valence-corrected chi connectivity index (χ3v) is 3.83. The molecule has 0 aromatic heterocycles. The maximum Gasteiger partial charge on any atom is 0.175 e. The van der Waals surface area contributed by atoms with E-state index in [9.17, 15) is 15.0 Å². The highest BCUT2D eigenvalue weighted by atomic mass is 16.3. The number of ketones is 1. The molecule has 0 amide bonds. The van der Waals surface area contributed by atoms with Crippen LogP contribution in [0, 0.1) is 5.41 Å². The first kappa shape index (κ1) is 14.5.